The van der Waals surface area contributed by atoms with Crippen LogP contribution in [0.3, 0.4) is 0 Å². The van der Waals surface area contributed by atoms with Crippen LogP contribution < -0.4 is 10.6 Å². The number of allylic oxidation sites excluding steroid dienone is 6. The number of aryl methyl sites for hydroxylation is 1. The van der Waals surface area contributed by atoms with Crippen molar-refractivity contribution in [3.63, 3.8) is 0 Å². The molecule has 2 bridgehead atoms. The zero-order chi connectivity index (χ0) is 32.8. The fourth-order valence-corrected chi connectivity index (χ4v) is 4.50. The number of methoxy groups -OCH3 is 1. The summed E-state index contributed by atoms with van der Waals surface area (Å²) in [6.45, 7) is 8.49. The fraction of sp³-hybridized carbons (Fsp3) is 0.441. The van der Waals surface area contributed by atoms with Crippen molar-refractivity contribution in [1.29, 1.82) is 0 Å². The topological polar surface area (TPSA) is 154 Å². The van der Waals surface area contributed by atoms with Crippen molar-refractivity contribution in [2.45, 2.75) is 84.7 Å². The zero-order valence-corrected chi connectivity index (χ0v) is 26.4. The number of fused-ring (bicyclic) bond motifs is 2. The highest BCUT2D eigenvalue weighted by atomic mass is 16.5. The molecule has 0 saturated carbocycles. The van der Waals surface area contributed by atoms with E-state index < -0.39 is 42.1 Å². The maximum absolute atomic E-state index is 13.0. The summed E-state index contributed by atoms with van der Waals surface area (Å²) < 4.78 is 11.2. The van der Waals surface area contributed by atoms with Gasteiger partial charge in [0.1, 0.15) is 23.6 Å². The number of benzene rings is 1. The molecule has 1 aliphatic rings. The molecule has 1 aromatic carbocycles. The van der Waals surface area contributed by atoms with Crippen LogP contribution in [0.15, 0.2) is 71.9 Å². The Morgan fingerprint density at radius 3 is 2.55 bits per heavy atom. The lowest BCUT2D eigenvalue weighted by atomic mass is 9.90. The molecule has 0 aromatic heterocycles. The number of phenols is 2. The predicted octanol–water partition coefficient (Wildman–Crippen LogP) is 4.77. The predicted molar refractivity (Wildman–Crippen MR) is 170 cm³/mol. The molecule has 0 unspecified atom stereocenters. The molecule has 1 aliphatic heterocycles. The number of hydrogen-bond donors (Lipinski definition) is 5. The molecule has 0 spiro atoms. The highest BCUT2D eigenvalue weighted by molar-refractivity contribution is 5.95. The zero-order valence-electron chi connectivity index (χ0n) is 26.4. The van der Waals surface area contributed by atoms with Crippen molar-refractivity contribution in [2.24, 2.45) is 5.92 Å². The summed E-state index contributed by atoms with van der Waals surface area (Å²) in [5.74, 6) is -2.15. The van der Waals surface area contributed by atoms with E-state index in [1.807, 2.05) is 12.2 Å². The van der Waals surface area contributed by atoms with E-state index in [0.717, 1.165) is 0 Å². The maximum Gasteiger partial charge on any atom is 0.328 e. The first kappa shape index (κ1) is 36.0. The van der Waals surface area contributed by atoms with Gasteiger partial charge in [0.15, 0.2) is 0 Å². The maximum atomic E-state index is 13.0. The number of ether oxygens (including phenoxy) is 2. The summed E-state index contributed by atoms with van der Waals surface area (Å²) in [6.07, 6.45) is 12.9. The number of anilines is 1. The Morgan fingerprint density at radius 2 is 1.86 bits per heavy atom. The average Bonchev–Trinajstić information content (AvgIpc) is 2.99. The second-order valence-corrected chi connectivity index (χ2v) is 10.9. The molecule has 0 radical (unpaired) electrons. The Balaban J connectivity index is 2.36. The molecule has 10 heteroatoms. The number of carbonyl (C=O) groups excluding carboxylic acids is 3. The summed E-state index contributed by atoms with van der Waals surface area (Å²) in [5, 5.41) is 37.5. The third kappa shape index (κ3) is 11.2. The highest BCUT2D eigenvalue weighted by Crippen LogP contribution is 2.34. The van der Waals surface area contributed by atoms with Crippen LogP contribution in [0.25, 0.3) is 0 Å². The van der Waals surface area contributed by atoms with Crippen LogP contribution in [-0.4, -0.2) is 64.6 Å². The summed E-state index contributed by atoms with van der Waals surface area (Å²) in [7, 11) is 1.48. The number of rotatable bonds is 5. The number of hydrogen-bond acceptors (Lipinski definition) is 8. The molecule has 1 aromatic rings. The minimum absolute atomic E-state index is 0.0148. The van der Waals surface area contributed by atoms with Crippen molar-refractivity contribution in [2.75, 3.05) is 12.4 Å². The van der Waals surface area contributed by atoms with Crippen LogP contribution in [0.5, 0.6) is 11.5 Å². The van der Waals surface area contributed by atoms with Crippen molar-refractivity contribution in [3.05, 3.63) is 77.5 Å². The van der Waals surface area contributed by atoms with Gasteiger partial charge in [-0.25, -0.2) is 4.79 Å². The van der Waals surface area contributed by atoms with E-state index in [1.165, 1.54) is 19.2 Å². The fourth-order valence-electron chi connectivity index (χ4n) is 4.50. The van der Waals surface area contributed by atoms with Gasteiger partial charge < -0.3 is 35.4 Å². The van der Waals surface area contributed by atoms with E-state index in [-0.39, 0.29) is 29.5 Å². The molecule has 5 atom stereocenters. The Hall–Kier alpha value is -4.15. The average molecular weight is 611 g/mol. The molecule has 0 aliphatic carbocycles. The van der Waals surface area contributed by atoms with Gasteiger partial charge >= 0.3 is 5.97 Å². The number of carbonyl (C=O) groups is 3. The smallest absolute Gasteiger partial charge is 0.328 e. The number of nitrogens with one attached hydrogen (secondary N) is 2. The first-order chi connectivity index (χ1) is 20.9. The van der Waals surface area contributed by atoms with E-state index >= 15 is 0 Å². The summed E-state index contributed by atoms with van der Waals surface area (Å²) in [4.78, 5) is 37.8. The van der Waals surface area contributed by atoms with Crippen LogP contribution in [-0.2, 0) is 30.3 Å². The second-order valence-electron chi connectivity index (χ2n) is 10.9. The van der Waals surface area contributed by atoms with Gasteiger partial charge in [0, 0.05) is 31.1 Å². The Kier molecular flexibility index (Phi) is 14.6. The molecule has 0 saturated heterocycles. The lowest BCUT2D eigenvalue weighted by Crippen LogP contribution is -2.43. The lowest BCUT2D eigenvalue weighted by Gasteiger charge is -2.29. The number of phenolic OH excluding ortho intramolecular Hbond substituents is 2. The molecular formula is C34H46N2O8. The van der Waals surface area contributed by atoms with Gasteiger partial charge in [-0.1, -0.05) is 55.5 Å². The minimum atomic E-state index is -0.956. The quantitative estimate of drug-likeness (QED) is 0.105. The van der Waals surface area contributed by atoms with Gasteiger partial charge in [0.25, 0.3) is 0 Å². The van der Waals surface area contributed by atoms with Crippen molar-refractivity contribution in [1.82, 2.24) is 5.32 Å². The van der Waals surface area contributed by atoms with Crippen LogP contribution >= 0.6 is 0 Å². The summed E-state index contributed by atoms with van der Waals surface area (Å²) >= 11 is 0. The number of aliphatic hydroxyl groups excluding tert-OH is 1. The van der Waals surface area contributed by atoms with Gasteiger partial charge in [-0.15, -0.1) is 0 Å². The van der Waals surface area contributed by atoms with E-state index in [2.05, 4.69) is 10.6 Å². The normalized spacial score (nSPS) is 26.5. The molecule has 2 rings (SSSR count). The first-order valence-electron chi connectivity index (χ1n) is 14.7. The number of esters is 1. The van der Waals surface area contributed by atoms with Crippen molar-refractivity contribution < 1.29 is 39.2 Å². The van der Waals surface area contributed by atoms with Crippen LogP contribution in [0, 0.1) is 5.92 Å². The molecule has 1 heterocycles. The van der Waals surface area contributed by atoms with Gasteiger partial charge in [0.05, 0.1) is 24.3 Å². The van der Waals surface area contributed by atoms with E-state index in [1.54, 1.807) is 71.1 Å². The molecule has 0 fully saturated rings. The Morgan fingerprint density at radius 1 is 1.16 bits per heavy atom. The lowest BCUT2D eigenvalue weighted by molar-refractivity contribution is -0.156. The highest BCUT2D eigenvalue weighted by Gasteiger charge is 2.30. The van der Waals surface area contributed by atoms with Gasteiger partial charge in [-0.3, -0.25) is 9.59 Å². The van der Waals surface area contributed by atoms with Crippen LogP contribution in [0.4, 0.5) is 5.69 Å². The Bertz CT molecular complexity index is 1310. The van der Waals surface area contributed by atoms with Crippen molar-refractivity contribution in [3.8, 4) is 11.5 Å². The molecule has 2 amide bonds. The van der Waals surface area contributed by atoms with Crippen LogP contribution in [0.1, 0.15) is 59.4 Å². The SMILES string of the molecule is C/C=C(\C)C(=O)N[C@H](C)C(=O)O[C@H]1C/C=C/C=C/C=C/[C@H](OC)CC(=O)Nc2cc(O)cc(c2O)CC/C=C(/C)[C@H](O)[C@H]1C. The molecule has 10 nitrogen and oxygen atoms in total. The summed E-state index contributed by atoms with van der Waals surface area (Å²) in [6, 6.07) is 1.81. The first-order valence-corrected chi connectivity index (χ1v) is 14.7. The molecule has 240 valence electrons. The molecule has 44 heavy (non-hydrogen) atoms. The standard InChI is InChI=1S/C34H46N2O8/c1-7-21(2)33(41)35-24(5)34(42)44-29-17-12-10-8-9-11-16-27(43-6)20-30(38)36-28-19-26(37)18-25(32(28)40)15-13-14-22(3)31(39)23(29)4/h7-12,14,16,18-19,23-24,27,29,31,37,39-40H,13,15,17,20H2,1-6H3,(H,35,41)(H,36,38)/b9-8+,12-10+,16-11+,21-7+,22-14-/t23-,24+,27-,29-,31-/m0/s1. The van der Waals surface area contributed by atoms with Gasteiger partial charge in [-0.05, 0) is 57.7 Å². The summed E-state index contributed by atoms with van der Waals surface area (Å²) in [5.41, 5.74) is 1.63. The molecule has 5 N–H and O–H groups in total. The van der Waals surface area contributed by atoms with E-state index in [9.17, 15) is 29.7 Å². The van der Waals surface area contributed by atoms with Gasteiger partial charge in [0.2, 0.25) is 11.8 Å². The third-order valence-electron chi connectivity index (χ3n) is 7.49. The largest absolute Gasteiger partial charge is 0.508 e. The number of amides is 2. The third-order valence-corrected chi connectivity index (χ3v) is 7.49. The second kappa shape index (κ2) is 17.8. The molecular weight excluding hydrogens is 564 g/mol. The minimum Gasteiger partial charge on any atom is -0.508 e. The monoisotopic (exact) mass is 610 g/mol. The Labute approximate surface area is 259 Å². The van der Waals surface area contributed by atoms with Gasteiger partial charge in [-0.2, -0.15) is 0 Å². The number of aliphatic hydroxyl groups is 1. The van der Waals surface area contributed by atoms with Crippen molar-refractivity contribution >= 4 is 23.5 Å². The number of aromatic hydroxyl groups is 2. The van der Waals surface area contributed by atoms with Crippen LogP contribution in [0.2, 0.25) is 0 Å². The van der Waals surface area contributed by atoms with E-state index in [4.69, 9.17) is 9.47 Å². The van der Waals surface area contributed by atoms with E-state index in [0.29, 0.717) is 36.0 Å².